The molecule has 1 fully saturated rings. The molecule has 7 heteroatoms. The molecule has 1 aromatic carbocycles. The van der Waals surface area contributed by atoms with Crippen molar-refractivity contribution in [2.45, 2.75) is 13.0 Å². The summed E-state index contributed by atoms with van der Waals surface area (Å²) in [5.41, 5.74) is 2.90. The van der Waals surface area contributed by atoms with Crippen LogP contribution in [0.15, 0.2) is 36.5 Å². The first kappa shape index (κ1) is 16.7. The Bertz CT molecular complexity index is 983. The van der Waals surface area contributed by atoms with E-state index in [2.05, 4.69) is 15.4 Å². The van der Waals surface area contributed by atoms with Gasteiger partial charge in [-0.05, 0) is 30.7 Å². The Labute approximate surface area is 150 Å². The number of aromatic nitrogens is 3. The highest BCUT2D eigenvalue weighted by Gasteiger charge is 2.29. The molecule has 0 spiro atoms. The zero-order valence-electron chi connectivity index (χ0n) is 14.7. The van der Waals surface area contributed by atoms with Crippen LogP contribution >= 0.6 is 0 Å². The standard InChI is InChI=1S/C19H20FN5O/c1-12-16-9-14(10-22-18(16)24(2)23-12)19(26)25-7-6-21-11-17(25)13-4-3-5-15(20)8-13/h3-5,8-10,17,21H,6-7,11H2,1-2H3. The molecule has 0 radical (unpaired) electrons. The Kier molecular flexibility index (Phi) is 4.16. The van der Waals surface area contributed by atoms with E-state index in [4.69, 9.17) is 0 Å². The van der Waals surface area contributed by atoms with Gasteiger partial charge in [-0.2, -0.15) is 5.10 Å². The number of aryl methyl sites for hydroxylation is 2. The minimum absolute atomic E-state index is 0.0987. The fourth-order valence-electron chi connectivity index (χ4n) is 3.55. The maximum atomic E-state index is 13.7. The summed E-state index contributed by atoms with van der Waals surface area (Å²) < 4.78 is 15.4. The summed E-state index contributed by atoms with van der Waals surface area (Å²) in [6, 6.07) is 8.07. The number of amides is 1. The lowest BCUT2D eigenvalue weighted by molar-refractivity contribution is 0.0633. The first-order valence-electron chi connectivity index (χ1n) is 8.61. The molecule has 1 unspecified atom stereocenters. The van der Waals surface area contributed by atoms with Gasteiger partial charge in [0.25, 0.3) is 5.91 Å². The summed E-state index contributed by atoms with van der Waals surface area (Å²) in [5, 5.41) is 8.51. The lowest BCUT2D eigenvalue weighted by Gasteiger charge is -2.36. The molecule has 1 aliphatic heterocycles. The third-order valence-corrected chi connectivity index (χ3v) is 4.85. The van der Waals surface area contributed by atoms with Crippen LogP contribution in [-0.2, 0) is 7.05 Å². The molecule has 1 N–H and O–H groups in total. The normalized spacial score (nSPS) is 17.7. The van der Waals surface area contributed by atoms with Gasteiger partial charge in [0.15, 0.2) is 5.65 Å². The van der Waals surface area contributed by atoms with Crippen molar-refractivity contribution in [1.82, 2.24) is 25.0 Å². The highest BCUT2D eigenvalue weighted by atomic mass is 19.1. The molecule has 1 atom stereocenters. The summed E-state index contributed by atoms with van der Waals surface area (Å²) >= 11 is 0. The Hall–Kier alpha value is -2.80. The number of halogens is 1. The van der Waals surface area contributed by atoms with Gasteiger partial charge in [-0.1, -0.05) is 12.1 Å². The zero-order valence-corrected chi connectivity index (χ0v) is 14.7. The molecule has 1 amide bonds. The van der Waals surface area contributed by atoms with Crippen molar-refractivity contribution < 1.29 is 9.18 Å². The average molecular weight is 353 g/mol. The maximum Gasteiger partial charge on any atom is 0.256 e. The van der Waals surface area contributed by atoms with E-state index in [1.165, 1.54) is 12.1 Å². The lowest BCUT2D eigenvalue weighted by atomic mass is 10.0. The van der Waals surface area contributed by atoms with E-state index >= 15 is 0 Å². The molecule has 1 saturated heterocycles. The fraction of sp³-hybridized carbons (Fsp3) is 0.316. The maximum absolute atomic E-state index is 13.7. The van der Waals surface area contributed by atoms with Crippen LogP contribution in [0.1, 0.15) is 27.7 Å². The second-order valence-electron chi connectivity index (χ2n) is 6.58. The van der Waals surface area contributed by atoms with Crippen LogP contribution in [0.25, 0.3) is 11.0 Å². The van der Waals surface area contributed by atoms with E-state index in [-0.39, 0.29) is 17.8 Å². The number of benzene rings is 1. The number of carbonyl (C=O) groups is 1. The van der Waals surface area contributed by atoms with Crippen molar-refractivity contribution >= 4 is 16.9 Å². The number of fused-ring (bicyclic) bond motifs is 1. The van der Waals surface area contributed by atoms with Gasteiger partial charge in [0, 0.05) is 38.3 Å². The van der Waals surface area contributed by atoms with Gasteiger partial charge in [-0.15, -0.1) is 0 Å². The predicted octanol–water partition coefficient (Wildman–Crippen LogP) is 2.20. The summed E-state index contributed by atoms with van der Waals surface area (Å²) in [4.78, 5) is 19.4. The van der Waals surface area contributed by atoms with Crippen molar-refractivity contribution in [3.8, 4) is 0 Å². The molecule has 3 heterocycles. The number of hydrogen-bond donors (Lipinski definition) is 1. The van der Waals surface area contributed by atoms with Crippen molar-refractivity contribution in [3.05, 3.63) is 59.2 Å². The fourth-order valence-corrected chi connectivity index (χ4v) is 3.55. The van der Waals surface area contributed by atoms with Crippen molar-refractivity contribution in [3.63, 3.8) is 0 Å². The van der Waals surface area contributed by atoms with E-state index in [1.54, 1.807) is 21.8 Å². The smallest absolute Gasteiger partial charge is 0.256 e. The minimum Gasteiger partial charge on any atom is -0.329 e. The Morgan fingerprint density at radius 2 is 2.19 bits per heavy atom. The molecule has 0 aliphatic carbocycles. The van der Waals surface area contributed by atoms with E-state index in [0.717, 1.165) is 22.3 Å². The quantitative estimate of drug-likeness (QED) is 0.767. The Morgan fingerprint density at radius 3 is 3.00 bits per heavy atom. The molecule has 26 heavy (non-hydrogen) atoms. The summed E-state index contributed by atoms with van der Waals surface area (Å²) in [7, 11) is 1.83. The third-order valence-electron chi connectivity index (χ3n) is 4.85. The second-order valence-corrected chi connectivity index (χ2v) is 6.58. The van der Waals surface area contributed by atoms with Gasteiger partial charge in [0.2, 0.25) is 0 Å². The highest BCUT2D eigenvalue weighted by Crippen LogP contribution is 2.26. The van der Waals surface area contributed by atoms with Gasteiger partial charge in [0.05, 0.1) is 17.3 Å². The van der Waals surface area contributed by atoms with Gasteiger partial charge in [0.1, 0.15) is 5.82 Å². The monoisotopic (exact) mass is 353 g/mol. The van der Waals surface area contributed by atoms with Crippen LogP contribution in [0.3, 0.4) is 0 Å². The molecule has 6 nitrogen and oxygen atoms in total. The zero-order chi connectivity index (χ0) is 18.3. The Morgan fingerprint density at radius 1 is 1.35 bits per heavy atom. The average Bonchev–Trinajstić information content (AvgIpc) is 2.94. The molecular weight excluding hydrogens is 333 g/mol. The lowest BCUT2D eigenvalue weighted by Crippen LogP contribution is -2.48. The number of nitrogens with one attached hydrogen (secondary N) is 1. The van der Waals surface area contributed by atoms with Gasteiger partial charge in [-0.3, -0.25) is 9.48 Å². The topological polar surface area (TPSA) is 63.1 Å². The number of hydrogen-bond acceptors (Lipinski definition) is 4. The van der Waals surface area contributed by atoms with E-state index < -0.39 is 0 Å². The minimum atomic E-state index is -0.297. The van der Waals surface area contributed by atoms with Crippen LogP contribution in [-0.4, -0.2) is 45.2 Å². The van der Waals surface area contributed by atoms with Crippen LogP contribution in [0, 0.1) is 12.7 Å². The largest absolute Gasteiger partial charge is 0.329 e. The van der Waals surface area contributed by atoms with Gasteiger partial charge >= 0.3 is 0 Å². The molecular formula is C19H20FN5O. The van der Waals surface area contributed by atoms with E-state index in [1.807, 2.05) is 26.1 Å². The summed E-state index contributed by atoms with van der Waals surface area (Å²) in [5.74, 6) is -0.395. The third kappa shape index (κ3) is 2.84. The molecule has 2 aromatic heterocycles. The first-order chi connectivity index (χ1) is 12.5. The molecule has 4 rings (SSSR count). The molecule has 0 saturated carbocycles. The predicted molar refractivity (Wildman–Crippen MR) is 96.3 cm³/mol. The van der Waals surface area contributed by atoms with Crippen molar-refractivity contribution in [1.29, 1.82) is 0 Å². The van der Waals surface area contributed by atoms with Crippen LogP contribution in [0.5, 0.6) is 0 Å². The molecule has 1 aliphatic rings. The van der Waals surface area contributed by atoms with E-state index in [9.17, 15) is 9.18 Å². The van der Waals surface area contributed by atoms with Gasteiger partial charge < -0.3 is 10.2 Å². The first-order valence-corrected chi connectivity index (χ1v) is 8.61. The molecule has 0 bridgehead atoms. The number of nitrogens with zero attached hydrogens (tertiary/aromatic N) is 4. The highest BCUT2D eigenvalue weighted by molar-refractivity contribution is 5.97. The molecule has 134 valence electrons. The Balaban J connectivity index is 1.70. The van der Waals surface area contributed by atoms with Gasteiger partial charge in [-0.25, -0.2) is 9.37 Å². The number of piperazine rings is 1. The van der Waals surface area contributed by atoms with E-state index in [0.29, 0.717) is 25.2 Å². The van der Waals surface area contributed by atoms with Crippen molar-refractivity contribution in [2.75, 3.05) is 19.6 Å². The van der Waals surface area contributed by atoms with Crippen LogP contribution < -0.4 is 5.32 Å². The summed E-state index contributed by atoms with van der Waals surface area (Å²) in [6.07, 6.45) is 1.59. The van der Waals surface area contributed by atoms with Crippen LogP contribution in [0.2, 0.25) is 0 Å². The number of rotatable bonds is 2. The number of carbonyl (C=O) groups excluding carboxylic acids is 1. The SMILES string of the molecule is Cc1nn(C)c2ncc(C(=O)N3CCNCC3c3cccc(F)c3)cc12. The summed E-state index contributed by atoms with van der Waals surface area (Å²) in [6.45, 7) is 3.76. The molecule has 3 aromatic rings. The number of pyridine rings is 1. The van der Waals surface area contributed by atoms with Crippen molar-refractivity contribution in [2.24, 2.45) is 7.05 Å². The second kappa shape index (κ2) is 6.49. The van der Waals surface area contributed by atoms with Crippen LogP contribution in [0.4, 0.5) is 4.39 Å².